The highest BCUT2D eigenvalue weighted by Crippen LogP contribution is 2.29. The SMILES string of the molecule is CCCC[C@H](CC)COc1cc(C2OCCO2)ccc1CO. The van der Waals surface area contributed by atoms with Crippen molar-refractivity contribution in [3.63, 3.8) is 0 Å². The van der Waals surface area contributed by atoms with Crippen molar-refractivity contribution in [2.45, 2.75) is 52.4 Å². The first-order valence-corrected chi connectivity index (χ1v) is 8.38. The predicted molar refractivity (Wildman–Crippen MR) is 85.8 cm³/mol. The molecule has 1 atom stereocenters. The van der Waals surface area contributed by atoms with Crippen LogP contribution in [0.4, 0.5) is 0 Å². The summed E-state index contributed by atoms with van der Waals surface area (Å²) in [6.07, 6.45) is 4.44. The Morgan fingerprint density at radius 3 is 2.68 bits per heavy atom. The number of benzene rings is 1. The molecule has 2 rings (SSSR count). The maximum Gasteiger partial charge on any atom is 0.184 e. The summed E-state index contributed by atoms with van der Waals surface area (Å²) in [5, 5.41) is 9.50. The minimum atomic E-state index is -0.308. The van der Waals surface area contributed by atoms with Gasteiger partial charge in [-0.25, -0.2) is 0 Å². The van der Waals surface area contributed by atoms with Crippen LogP contribution in [0.2, 0.25) is 0 Å². The fourth-order valence-electron chi connectivity index (χ4n) is 2.64. The van der Waals surface area contributed by atoms with E-state index in [0.717, 1.165) is 23.3 Å². The summed E-state index contributed by atoms with van der Waals surface area (Å²) in [4.78, 5) is 0. The van der Waals surface area contributed by atoms with Crippen LogP contribution < -0.4 is 4.74 Å². The molecule has 1 aliphatic heterocycles. The van der Waals surface area contributed by atoms with Crippen LogP contribution in [0.25, 0.3) is 0 Å². The van der Waals surface area contributed by atoms with Crippen molar-refractivity contribution in [3.8, 4) is 5.75 Å². The van der Waals surface area contributed by atoms with E-state index >= 15 is 0 Å². The molecule has 0 aromatic heterocycles. The Balaban J connectivity index is 2.02. The van der Waals surface area contributed by atoms with Crippen molar-refractivity contribution in [2.24, 2.45) is 5.92 Å². The van der Waals surface area contributed by atoms with Gasteiger partial charge in [-0.3, -0.25) is 0 Å². The molecular weight excluding hydrogens is 280 g/mol. The van der Waals surface area contributed by atoms with Gasteiger partial charge in [0.05, 0.1) is 26.4 Å². The van der Waals surface area contributed by atoms with Crippen molar-refractivity contribution >= 4 is 0 Å². The Hall–Kier alpha value is -1.10. The van der Waals surface area contributed by atoms with Gasteiger partial charge in [0.2, 0.25) is 0 Å². The van der Waals surface area contributed by atoms with Crippen molar-refractivity contribution < 1.29 is 19.3 Å². The van der Waals surface area contributed by atoms with Gasteiger partial charge >= 0.3 is 0 Å². The van der Waals surface area contributed by atoms with Gasteiger partial charge in [0.25, 0.3) is 0 Å². The number of ether oxygens (including phenoxy) is 3. The Bertz CT molecular complexity index is 441. The second-order valence-electron chi connectivity index (χ2n) is 5.83. The molecule has 1 aromatic carbocycles. The zero-order chi connectivity index (χ0) is 15.8. The van der Waals surface area contributed by atoms with E-state index in [0.29, 0.717) is 25.7 Å². The Kier molecular flexibility index (Phi) is 7.16. The highest BCUT2D eigenvalue weighted by atomic mass is 16.7. The molecule has 0 spiro atoms. The fraction of sp³-hybridized carbons (Fsp3) is 0.667. The summed E-state index contributed by atoms with van der Waals surface area (Å²) >= 11 is 0. The second kappa shape index (κ2) is 9.13. The van der Waals surface area contributed by atoms with Crippen molar-refractivity contribution in [3.05, 3.63) is 29.3 Å². The predicted octanol–water partition coefficient (Wildman–Crippen LogP) is 3.82. The first-order valence-electron chi connectivity index (χ1n) is 8.38. The largest absolute Gasteiger partial charge is 0.493 e. The number of unbranched alkanes of at least 4 members (excludes halogenated alkanes) is 1. The molecule has 4 nitrogen and oxygen atoms in total. The van der Waals surface area contributed by atoms with E-state index in [1.807, 2.05) is 18.2 Å². The lowest BCUT2D eigenvalue weighted by atomic mass is 10.0. The zero-order valence-corrected chi connectivity index (χ0v) is 13.7. The monoisotopic (exact) mass is 308 g/mol. The lowest BCUT2D eigenvalue weighted by molar-refractivity contribution is -0.0442. The molecule has 0 aliphatic carbocycles. The number of aliphatic hydroxyl groups excluding tert-OH is 1. The summed E-state index contributed by atoms with van der Waals surface area (Å²) in [6.45, 7) is 6.33. The van der Waals surface area contributed by atoms with Gasteiger partial charge < -0.3 is 19.3 Å². The smallest absolute Gasteiger partial charge is 0.184 e. The molecule has 1 saturated heterocycles. The Morgan fingerprint density at radius 1 is 1.27 bits per heavy atom. The van der Waals surface area contributed by atoms with Crippen LogP contribution in [0.3, 0.4) is 0 Å². The maximum absolute atomic E-state index is 9.50. The maximum atomic E-state index is 9.50. The molecule has 0 bridgehead atoms. The zero-order valence-electron chi connectivity index (χ0n) is 13.7. The number of hydrogen-bond acceptors (Lipinski definition) is 4. The van der Waals surface area contributed by atoms with Crippen LogP contribution in [0.5, 0.6) is 5.75 Å². The summed E-state index contributed by atoms with van der Waals surface area (Å²) < 4.78 is 17.1. The van der Waals surface area contributed by atoms with Gasteiger partial charge in [0.1, 0.15) is 5.75 Å². The minimum Gasteiger partial charge on any atom is -0.493 e. The van der Waals surface area contributed by atoms with E-state index in [1.54, 1.807) is 0 Å². The number of hydrogen-bond donors (Lipinski definition) is 1. The topological polar surface area (TPSA) is 47.9 Å². The minimum absolute atomic E-state index is 0.0201. The number of rotatable bonds is 9. The molecule has 1 heterocycles. The summed E-state index contributed by atoms with van der Waals surface area (Å²) in [5.74, 6) is 1.31. The van der Waals surface area contributed by atoms with Crippen molar-refractivity contribution in [1.29, 1.82) is 0 Å². The van der Waals surface area contributed by atoms with Crippen LogP contribution in [-0.4, -0.2) is 24.9 Å². The van der Waals surface area contributed by atoms with Gasteiger partial charge in [-0.1, -0.05) is 45.2 Å². The van der Waals surface area contributed by atoms with Gasteiger partial charge in [-0.15, -0.1) is 0 Å². The highest BCUT2D eigenvalue weighted by molar-refractivity contribution is 5.37. The third-order valence-corrected chi connectivity index (χ3v) is 4.17. The van der Waals surface area contributed by atoms with Gasteiger partial charge in [-0.05, 0) is 18.4 Å². The molecule has 0 amide bonds. The van der Waals surface area contributed by atoms with Crippen LogP contribution in [0.15, 0.2) is 18.2 Å². The Labute approximate surface area is 133 Å². The van der Waals surface area contributed by atoms with Crippen molar-refractivity contribution in [2.75, 3.05) is 19.8 Å². The molecule has 22 heavy (non-hydrogen) atoms. The van der Waals surface area contributed by atoms with Crippen LogP contribution in [-0.2, 0) is 16.1 Å². The Morgan fingerprint density at radius 2 is 2.05 bits per heavy atom. The third kappa shape index (κ3) is 4.70. The average molecular weight is 308 g/mol. The molecule has 0 unspecified atom stereocenters. The average Bonchev–Trinajstić information content (AvgIpc) is 3.09. The molecule has 1 aliphatic rings. The van der Waals surface area contributed by atoms with E-state index in [-0.39, 0.29) is 12.9 Å². The van der Waals surface area contributed by atoms with Gasteiger partial charge in [0, 0.05) is 11.1 Å². The second-order valence-corrected chi connectivity index (χ2v) is 5.83. The normalized spacial score (nSPS) is 16.9. The van der Waals surface area contributed by atoms with E-state index < -0.39 is 0 Å². The fourth-order valence-corrected chi connectivity index (χ4v) is 2.64. The summed E-state index contributed by atoms with van der Waals surface area (Å²) in [6, 6.07) is 5.76. The first-order chi connectivity index (χ1) is 10.8. The molecule has 1 aromatic rings. The van der Waals surface area contributed by atoms with Crippen molar-refractivity contribution in [1.82, 2.24) is 0 Å². The molecule has 0 saturated carbocycles. The summed E-state index contributed by atoms with van der Waals surface area (Å²) in [7, 11) is 0. The quantitative estimate of drug-likeness (QED) is 0.753. The van der Waals surface area contributed by atoms with Crippen LogP contribution in [0.1, 0.15) is 56.9 Å². The molecule has 0 radical (unpaired) electrons. The highest BCUT2D eigenvalue weighted by Gasteiger charge is 2.20. The molecule has 4 heteroatoms. The molecule has 124 valence electrons. The number of aliphatic hydroxyl groups is 1. The summed E-state index contributed by atoms with van der Waals surface area (Å²) in [5.41, 5.74) is 1.76. The van der Waals surface area contributed by atoms with Gasteiger partial charge in [-0.2, -0.15) is 0 Å². The van der Waals surface area contributed by atoms with Crippen LogP contribution in [0, 0.1) is 5.92 Å². The molecule has 1 N–H and O–H groups in total. The van der Waals surface area contributed by atoms with E-state index in [1.165, 1.54) is 19.3 Å². The van der Waals surface area contributed by atoms with Gasteiger partial charge in [0.15, 0.2) is 6.29 Å². The molecule has 1 fully saturated rings. The van der Waals surface area contributed by atoms with Crippen LogP contribution >= 0.6 is 0 Å². The van der Waals surface area contributed by atoms with E-state index in [9.17, 15) is 5.11 Å². The third-order valence-electron chi connectivity index (χ3n) is 4.17. The standard InChI is InChI=1S/C18H28O4/c1-3-5-6-14(4-2)13-22-17-11-15(7-8-16(17)12-19)18-20-9-10-21-18/h7-8,11,14,18-19H,3-6,9-10,12-13H2,1-2H3/t14-/m0/s1. The van der Waals surface area contributed by atoms with E-state index in [2.05, 4.69) is 13.8 Å². The molecular formula is C18H28O4. The van der Waals surface area contributed by atoms with E-state index in [4.69, 9.17) is 14.2 Å². The lowest BCUT2D eigenvalue weighted by Gasteiger charge is -2.18. The first kappa shape index (κ1) is 17.3. The lowest BCUT2D eigenvalue weighted by Crippen LogP contribution is -2.12.